The lowest BCUT2D eigenvalue weighted by Crippen LogP contribution is -2.56. The Morgan fingerprint density at radius 2 is 1.09 bits per heavy atom. The average molecular weight is 309 g/mol. The Bertz CT molecular complexity index is 531. The van der Waals surface area contributed by atoms with Gasteiger partial charge < -0.3 is 15.5 Å². The molecular formula is C17H27NO4. The number of hydrogen-bond donors (Lipinski definition) is 3. The molecule has 0 fully saturated rings. The number of rotatable bonds is 2. The number of carboxylic acid groups (broad SMARTS) is 2. The highest BCUT2D eigenvalue weighted by molar-refractivity contribution is 5.98. The maximum atomic E-state index is 12.0. The second-order valence-electron chi connectivity index (χ2n) is 7.99. The zero-order valence-electron chi connectivity index (χ0n) is 14.7. The molecule has 1 heterocycles. The first-order valence-corrected chi connectivity index (χ1v) is 7.36. The molecule has 0 aromatic carbocycles. The van der Waals surface area contributed by atoms with Gasteiger partial charge in [0.25, 0.3) is 0 Å². The molecule has 1 aliphatic heterocycles. The number of aliphatic carboxylic acids is 2. The molecule has 1 aliphatic rings. The van der Waals surface area contributed by atoms with Crippen molar-refractivity contribution in [2.24, 2.45) is 16.2 Å². The third-order valence-corrected chi connectivity index (χ3v) is 4.55. The van der Waals surface area contributed by atoms with Crippen molar-refractivity contribution in [1.82, 2.24) is 5.32 Å². The molecular weight excluding hydrogens is 282 g/mol. The standard InChI is InChI=1S/C17H27NO4/c1-9-11(13(19)20)17(15(3,4)5,16(6,7)8)12(14(21)22)10(2)18-9/h18H,1-8H3,(H,19,20)(H,21,22). The van der Waals surface area contributed by atoms with Crippen molar-refractivity contribution >= 4 is 11.9 Å². The maximum absolute atomic E-state index is 12.0. The van der Waals surface area contributed by atoms with Crippen LogP contribution >= 0.6 is 0 Å². The quantitative estimate of drug-likeness (QED) is 0.728. The maximum Gasteiger partial charge on any atom is 0.334 e. The molecule has 5 heteroatoms. The van der Waals surface area contributed by atoms with Gasteiger partial charge in [0.2, 0.25) is 0 Å². The van der Waals surface area contributed by atoms with Crippen LogP contribution < -0.4 is 5.32 Å². The Labute approximate surface area is 132 Å². The van der Waals surface area contributed by atoms with Crippen LogP contribution in [0.5, 0.6) is 0 Å². The molecule has 0 radical (unpaired) electrons. The molecule has 0 atom stereocenters. The van der Waals surface area contributed by atoms with Crippen LogP contribution in [0.3, 0.4) is 0 Å². The monoisotopic (exact) mass is 309 g/mol. The molecule has 22 heavy (non-hydrogen) atoms. The van der Waals surface area contributed by atoms with Crippen LogP contribution in [-0.4, -0.2) is 22.2 Å². The Balaban J connectivity index is 4.09. The normalized spacial score (nSPS) is 19.1. The molecule has 124 valence electrons. The minimum atomic E-state index is -1.13. The van der Waals surface area contributed by atoms with E-state index in [2.05, 4.69) is 5.32 Å². The van der Waals surface area contributed by atoms with Crippen LogP contribution in [0.4, 0.5) is 0 Å². The molecule has 0 spiro atoms. The van der Waals surface area contributed by atoms with Gasteiger partial charge in [0.1, 0.15) is 0 Å². The van der Waals surface area contributed by atoms with Crippen molar-refractivity contribution in [2.45, 2.75) is 55.4 Å². The Kier molecular flexibility index (Phi) is 4.27. The van der Waals surface area contributed by atoms with Gasteiger partial charge >= 0.3 is 11.9 Å². The van der Waals surface area contributed by atoms with Gasteiger partial charge in [0.15, 0.2) is 0 Å². The van der Waals surface area contributed by atoms with E-state index in [0.717, 1.165) is 0 Å². The van der Waals surface area contributed by atoms with E-state index in [9.17, 15) is 19.8 Å². The number of hydrogen-bond acceptors (Lipinski definition) is 3. The second-order valence-corrected chi connectivity index (χ2v) is 7.99. The number of nitrogens with one attached hydrogen (secondary N) is 1. The third kappa shape index (κ3) is 2.32. The van der Waals surface area contributed by atoms with Gasteiger partial charge in [-0.1, -0.05) is 41.5 Å². The van der Waals surface area contributed by atoms with Crippen LogP contribution in [0, 0.1) is 16.2 Å². The summed E-state index contributed by atoms with van der Waals surface area (Å²) < 4.78 is 0. The van der Waals surface area contributed by atoms with Crippen molar-refractivity contribution in [1.29, 1.82) is 0 Å². The first kappa shape index (κ1) is 18.3. The molecule has 0 amide bonds. The molecule has 5 nitrogen and oxygen atoms in total. The van der Waals surface area contributed by atoms with Crippen LogP contribution in [0.15, 0.2) is 22.5 Å². The summed E-state index contributed by atoms with van der Waals surface area (Å²) in [6.07, 6.45) is 0. The summed E-state index contributed by atoms with van der Waals surface area (Å²) in [7, 11) is 0. The van der Waals surface area contributed by atoms with Gasteiger partial charge in [-0.2, -0.15) is 0 Å². The van der Waals surface area contributed by atoms with Crippen LogP contribution in [0.2, 0.25) is 0 Å². The first-order chi connectivity index (χ1) is 9.69. The molecule has 0 aromatic heterocycles. The van der Waals surface area contributed by atoms with E-state index >= 15 is 0 Å². The van der Waals surface area contributed by atoms with Gasteiger partial charge in [-0.05, 0) is 24.7 Å². The van der Waals surface area contributed by atoms with Gasteiger partial charge in [-0.3, -0.25) is 0 Å². The Hall–Kier alpha value is -1.78. The molecule has 0 saturated carbocycles. The van der Waals surface area contributed by atoms with E-state index in [4.69, 9.17) is 0 Å². The lowest BCUT2D eigenvalue weighted by atomic mass is 9.46. The fraction of sp³-hybridized carbons (Fsp3) is 0.647. The number of allylic oxidation sites excluding steroid dienone is 2. The van der Waals surface area contributed by atoms with Gasteiger partial charge in [0.05, 0.1) is 11.1 Å². The minimum Gasteiger partial charge on any atom is -0.478 e. The Morgan fingerprint density at radius 1 is 0.818 bits per heavy atom. The molecule has 0 aliphatic carbocycles. The number of carbonyl (C=O) groups is 2. The van der Waals surface area contributed by atoms with Crippen molar-refractivity contribution < 1.29 is 19.8 Å². The number of dihydropyridines is 1. The van der Waals surface area contributed by atoms with Crippen molar-refractivity contribution in [3.8, 4) is 0 Å². The molecule has 1 rings (SSSR count). The van der Waals surface area contributed by atoms with Crippen molar-refractivity contribution in [3.05, 3.63) is 22.5 Å². The molecule has 0 unspecified atom stereocenters. The van der Waals surface area contributed by atoms with Crippen LogP contribution in [-0.2, 0) is 9.59 Å². The zero-order valence-corrected chi connectivity index (χ0v) is 14.7. The summed E-state index contributed by atoms with van der Waals surface area (Å²) in [5.41, 5.74) is -1.06. The highest BCUT2D eigenvalue weighted by Gasteiger charge is 2.61. The summed E-state index contributed by atoms with van der Waals surface area (Å²) >= 11 is 0. The lowest BCUT2D eigenvalue weighted by Gasteiger charge is -2.56. The van der Waals surface area contributed by atoms with E-state index in [-0.39, 0.29) is 11.1 Å². The predicted octanol–water partition coefficient (Wildman–Crippen LogP) is 3.39. The summed E-state index contributed by atoms with van der Waals surface area (Å²) in [4.78, 5) is 24.1. The van der Waals surface area contributed by atoms with E-state index in [1.54, 1.807) is 13.8 Å². The summed E-state index contributed by atoms with van der Waals surface area (Å²) in [6, 6.07) is 0. The van der Waals surface area contributed by atoms with E-state index in [0.29, 0.717) is 11.4 Å². The fourth-order valence-electron chi connectivity index (χ4n) is 4.36. The topological polar surface area (TPSA) is 86.6 Å². The zero-order chi connectivity index (χ0) is 17.7. The summed E-state index contributed by atoms with van der Waals surface area (Å²) in [5.74, 6) is -2.16. The van der Waals surface area contributed by atoms with E-state index in [1.807, 2.05) is 41.5 Å². The fourth-order valence-corrected chi connectivity index (χ4v) is 4.36. The average Bonchev–Trinajstić information content (AvgIpc) is 2.22. The van der Waals surface area contributed by atoms with Crippen LogP contribution in [0.25, 0.3) is 0 Å². The predicted molar refractivity (Wildman–Crippen MR) is 85.2 cm³/mol. The SMILES string of the molecule is CC1=C(C(=O)O)C(C(C)(C)C)(C(C)(C)C)C(C(=O)O)=C(C)N1. The molecule has 0 bridgehead atoms. The first-order valence-electron chi connectivity index (χ1n) is 7.36. The van der Waals surface area contributed by atoms with E-state index < -0.39 is 28.2 Å². The number of carboxylic acids is 2. The van der Waals surface area contributed by atoms with E-state index in [1.165, 1.54) is 0 Å². The summed E-state index contributed by atoms with van der Waals surface area (Å²) in [5, 5.41) is 22.6. The Morgan fingerprint density at radius 3 is 1.27 bits per heavy atom. The van der Waals surface area contributed by atoms with Crippen LogP contribution in [0.1, 0.15) is 55.4 Å². The molecule has 3 N–H and O–H groups in total. The molecule has 0 aromatic rings. The van der Waals surface area contributed by atoms with Gasteiger partial charge in [-0.25, -0.2) is 9.59 Å². The van der Waals surface area contributed by atoms with Gasteiger partial charge in [0, 0.05) is 16.8 Å². The minimum absolute atomic E-state index is 0.135. The third-order valence-electron chi connectivity index (χ3n) is 4.55. The smallest absolute Gasteiger partial charge is 0.334 e. The largest absolute Gasteiger partial charge is 0.478 e. The highest BCUT2D eigenvalue weighted by Crippen LogP contribution is 2.62. The summed E-state index contributed by atoms with van der Waals surface area (Å²) in [6.45, 7) is 14.8. The van der Waals surface area contributed by atoms with Crippen molar-refractivity contribution in [3.63, 3.8) is 0 Å². The van der Waals surface area contributed by atoms with Crippen molar-refractivity contribution in [2.75, 3.05) is 0 Å². The highest BCUT2D eigenvalue weighted by atomic mass is 16.4. The molecule has 0 saturated heterocycles. The lowest BCUT2D eigenvalue weighted by molar-refractivity contribution is -0.140. The second kappa shape index (κ2) is 5.14. The van der Waals surface area contributed by atoms with Gasteiger partial charge in [-0.15, -0.1) is 0 Å².